The monoisotopic (exact) mass is 294 g/mol. The quantitative estimate of drug-likeness (QED) is 0.645. The summed E-state index contributed by atoms with van der Waals surface area (Å²) in [6.45, 7) is 0. The Morgan fingerprint density at radius 1 is 1.06 bits per heavy atom. The number of pyridine rings is 1. The van der Waals surface area contributed by atoms with Gasteiger partial charge in [-0.1, -0.05) is 0 Å². The predicted molar refractivity (Wildman–Crippen MR) is 66.9 cm³/mol. The second-order valence-electron chi connectivity index (χ2n) is 3.33. The first kappa shape index (κ1) is 10.0. The molecule has 0 aliphatic carbocycles. The van der Waals surface area contributed by atoms with Gasteiger partial charge in [0.25, 0.3) is 0 Å². The molecule has 0 fully saturated rings. The van der Waals surface area contributed by atoms with E-state index in [1.165, 1.54) is 0 Å². The van der Waals surface area contributed by atoms with Crippen LogP contribution in [0.1, 0.15) is 0 Å². The molecule has 78 valence electrons. The van der Waals surface area contributed by atoms with E-state index < -0.39 is 0 Å². The van der Waals surface area contributed by atoms with Crippen LogP contribution in [0.5, 0.6) is 0 Å². The molecule has 2 aromatic heterocycles. The Morgan fingerprint density at radius 3 is 2.75 bits per heavy atom. The van der Waals surface area contributed by atoms with Crippen LogP contribution in [0.15, 0.2) is 42.6 Å². The Kier molecular flexibility index (Phi) is 2.52. The summed E-state index contributed by atoms with van der Waals surface area (Å²) in [5.74, 6) is 0. The van der Waals surface area contributed by atoms with Crippen molar-refractivity contribution in [3.63, 3.8) is 0 Å². The normalized spacial score (nSPS) is 10.8. The number of nitrogens with zero attached hydrogens (tertiary/aromatic N) is 2. The van der Waals surface area contributed by atoms with Gasteiger partial charge in [0.05, 0.1) is 0 Å². The molecule has 0 aliphatic heterocycles. The van der Waals surface area contributed by atoms with Crippen LogP contribution in [-0.2, 0) is 0 Å². The van der Waals surface area contributed by atoms with Crippen molar-refractivity contribution in [1.82, 2.24) is 9.97 Å². The van der Waals surface area contributed by atoms with Gasteiger partial charge in [0.2, 0.25) is 0 Å². The Balaban J connectivity index is 2.23. The van der Waals surface area contributed by atoms with Gasteiger partial charge in [-0.05, 0) is 0 Å². The van der Waals surface area contributed by atoms with E-state index in [1.54, 1.807) is 0 Å². The number of halogens is 1. The Morgan fingerprint density at radius 2 is 1.94 bits per heavy atom. The minimum absolute atomic E-state index is 0.168. The summed E-state index contributed by atoms with van der Waals surface area (Å²) in [5.41, 5.74) is 2.01. The zero-order valence-corrected chi connectivity index (χ0v) is 10.7. The van der Waals surface area contributed by atoms with E-state index in [2.05, 4.69) is 9.97 Å². The standard InChI is InChI=1S/C12H7ClN2Se/c13-9-5-2-1-4-8(9)11-15-10-6-3-7-14-12(10)16-11/h1-7H. The summed E-state index contributed by atoms with van der Waals surface area (Å²) in [4.78, 5) is 8.91. The third kappa shape index (κ3) is 1.67. The summed E-state index contributed by atoms with van der Waals surface area (Å²) in [6, 6.07) is 11.7. The second-order valence-corrected chi connectivity index (χ2v) is 5.78. The van der Waals surface area contributed by atoms with Gasteiger partial charge in [0, 0.05) is 0 Å². The van der Waals surface area contributed by atoms with Crippen LogP contribution >= 0.6 is 11.6 Å². The zero-order valence-electron chi connectivity index (χ0n) is 8.22. The summed E-state index contributed by atoms with van der Waals surface area (Å²) >= 11 is 6.32. The number of hydrogen-bond donors (Lipinski definition) is 0. The maximum atomic E-state index is 6.16. The summed E-state index contributed by atoms with van der Waals surface area (Å²) in [5, 5.41) is 0.760. The number of rotatable bonds is 1. The topological polar surface area (TPSA) is 25.8 Å². The molecule has 0 saturated heterocycles. The molecule has 0 saturated carbocycles. The van der Waals surface area contributed by atoms with Crippen LogP contribution in [0, 0.1) is 0 Å². The average molecular weight is 294 g/mol. The van der Waals surface area contributed by atoms with Gasteiger partial charge in [0.15, 0.2) is 0 Å². The van der Waals surface area contributed by atoms with Gasteiger partial charge in [-0.25, -0.2) is 0 Å². The molecule has 0 amide bonds. The fourth-order valence-corrected chi connectivity index (χ4v) is 3.86. The third-order valence-electron chi connectivity index (χ3n) is 2.27. The molecule has 0 bridgehead atoms. The van der Waals surface area contributed by atoms with Crippen LogP contribution in [0.4, 0.5) is 0 Å². The molecule has 1 aromatic carbocycles. The van der Waals surface area contributed by atoms with E-state index in [1.807, 2.05) is 42.6 Å². The fourth-order valence-electron chi connectivity index (χ4n) is 1.52. The van der Waals surface area contributed by atoms with E-state index >= 15 is 0 Å². The van der Waals surface area contributed by atoms with Gasteiger partial charge in [-0.15, -0.1) is 0 Å². The molecule has 0 unspecified atom stereocenters. The van der Waals surface area contributed by atoms with Crippen LogP contribution in [0.3, 0.4) is 0 Å². The predicted octanol–water partition coefficient (Wildman–Crippen LogP) is 3.01. The SMILES string of the molecule is Clc1ccccc1-c1nc2cccnc2[se]1. The van der Waals surface area contributed by atoms with E-state index in [0.717, 1.165) is 25.1 Å². The number of benzene rings is 1. The van der Waals surface area contributed by atoms with Gasteiger partial charge in [-0.2, -0.15) is 0 Å². The summed E-state index contributed by atoms with van der Waals surface area (Å²) in [6.07, 6.45) is 1.81. The fraction of sp³-hybridized carbons (Fsp3) is 0. The Hall–Kier alpha value is -1.15. The van der Waals surface area contributed by atoms with Crippen LogP contribution in [-0.4, -0.2) is 24.5 Å². The first-order valence-corrected chi connectivity index (χ1v) is 6.90. The summed E-state index contributed by atoms with van der Waals surface area (Å²) in [7, 11) is 0. The Labute approximate surface area is 104 Å². The van der Waals surface area contributed by atoms with E-state index in [-0.39, 0.29) is 14.5 Å². The van der Waals surface area contributed by atoms with Gasteiger partial charge in [0.1, 0.15) is 0 Å². The van der Waals surface area contributed by atoms with Crippen LogP contribution < -0.4 is 0 Å². The first-order valence-electron chi connectivity index (χ1n) is 4.81. The molecule has 2 nitrogen and oxygen atoms in total. The molecule has 4 heteroatoms. The van der Waals surface area contributed by atoms with Crippen LogP contribution in [0.25, 0.3) is 20.0 Å². The van der Waals surface area contributed by atoms with Crippen molar-refractivity contribution in [3.8, 4) is 10.1 Å². The molecule has 3 aromatic rings. The van der Waals surface area contributed by atoms with E-state index in [0.29, 0.717) is 0 Å². The van der Waals surface area contributed by atoms with Gasteiger partial charge in [-0.3, -0.25) is 0 Å². The molecule has 0 atom stereocenters. The zero-order chi connectivity index (χ0) is 11.0. The van der Waals surface area contributed by atoms with Crippen molar-refractivity contribution in [1.29, 1.82) is 0 Å². The second kappa shape index (κ2) is 4.02. The van der Waals surface area contributed by atoms with Crippen molar-refractivity contribution in [2.45, 2.75) is 0 Å². The van der Waals surface area contributed by atoms with Gasteiger partial charge >= 0.3 is 104 Å². The Bertz CT molecular complexity index is 615. The molecular formula is C12H7ClN2Se. The average Bonchev–Trinajstić information content (AvgIpc) is 2.73. The molecular weight excluding hydrogens is 287 g/mol. The molecule has 0 aliphatic rings. The van der Waals surface area contributed by atoms with E-state index in [4.69, 9.17) is 11.6 Å². The molecule has 0 radical (unpaired) electrons. The number of aromatic nitrogens is 2. The van der Waals surface area contributed by atoms with Crippen molar-refractivity contribution in [2.24, 2.45) is 0 Å². The molecule has 0 spiro atoms. The van der Waals surface area contributed by atoms with Crippen molar-refractivity contribution < 1.29 is 0 Å². The van der Waals surface area contributed by atoms with Crippen LogP contribution in [0.2, 0.25) is 5.02 Å². The summed E-state index contributed by atoms with van der Waals surface area (Å²) < 4.78 is 2.15. The molecule has 16 heavy (non-hydrogen) atoms. The van der Waals surface area contributed by atoms with E-state index in [9.17, 15) is 0 Å². The van der Waals surface area contributed by atoms with Gasteiger partial charge < -0.3 is 0 Å². The molecule has 2 heterocycles. The van der Waals surface area contributed by atoms with Crippen molar-refractivity contribution >= 4 is 36.0 Å². The molecule has 0 N–H and O–H groups in total. The first-order chi connectivity index (χ1) is 7.84. The molecule has 3 rings (SSSR count). The number of hydrogen-bond acceptors (Lipinski definition) is 2. The van der Waals surface area contributed by atoms with Crippen molar-refractivity contribution in [2.75, 3.05) is 0 Å². The minimum atomic E-state index is 0.168. The number of fused-ring (bicyclic) bond motifs is 1. The maximum absolute atomic E-state index is 6.16. The third-order valence-corrected chi connectivity index (χ3v) is 4.72. The van der Waals surface area contributed by atoms with Crippen molar-refractivity contribution in [3.05, 3.63) is 47.6 Å².